The standard InChI is InChI=1S/C20H26N2O4S/c1-4-26-20(25)15(11-21-16(19(23)24)10-13(2)3)17-12-27-18(22-17)14-8-6-5-7-9-14/h5-9,12-13,15-16,21H,4,10-11H2,1-3H3,(H,23,24). The normalized spacial score (nSPS) is 13.3. The first-order chi connectivity index (χ1) is 12.9. The molecular formula is C20H26N2O4S. The van der Waals surface area contributed by atoms with Crippen LogP contribution in [0.3, 0.4) is 0 Å². The fourth-order valence-electron chi connectivity index (χ4n) is 2.71. The van der Waals surface area contributed by atoms with E-state index in [9.17, 15) is 14.7 Å². The number of thiazole rings is 1. The Hall–Kier alpha value is -2.25. The van der Waals surface area contributed by atoms with Crippen molar-refractivity contribution in [2.24, 2.45) is 5.92 Å². The van der Waals surface area contributed by atoms with E-state index in [0.29, 0.717) is 12.1 Å². The fraction of sp³-hybridized carbons (Fsp3) is 0.450. The van der Waals surface area contributed by atoms with Gasteiger partial charge in [0.1, 0.15) is 17.0 Å². The smallest absolute Gasteiger partial charge is 0.320 e. The zero-order valence-corrected chi connectivity index (χ0v) is 16.7. The Morgan fingerprint density at radius 2 is 1.96 bits per heavy atom. The summed E-state index contributed by atoms with van der Waals surface area (Å²) in [7, 11) is 0. The molecule has 6 nitrogen and oxygen atoms in total. The lowest BCUT2D eigenvalue weighted by Crippen LogP contribution is -2.41. The number of carbonyl (C=O) groups excluding carboxylic acids is 1. The number of aliphatic carboxylic acids is 1. The third-order valence-electron chi connectivity index (χ3n) is 4.04. The Morgan fingerprint density at radius 1 is 1.26 bits per heavy atom. The number of carboxylic acids is 1. The fourth-order valence-corrected chi connectivity index (χ4v) is 3.59. The van der Waals surface area contributed by atoms with Gasteiger partial charge in [-0.2, -0.15) is 0 Å². The van der Waals surface area contributed by atoms with Gasteiger partial charge in [0.25, 0.3) is 0 Å². The molecule has 27 heavy (non-hydrogen) atoms. The van der Waals surface area contributed by atoms with Crippen LogP contribution in [0.4, 0.5) is 0 Å². The van der Waals surface area contributed by atoms with Gasteiger partial charge in [0.2, 0.25) is 0 Å². The number of ether oxygens (including phenoxy) is 1. The van der Waals surface area contributed by atoms with Crippen LogP contribution in [0.2, 0.25) is 0 Å². The summed E-state index contributed by atoms with van der Waals surface area (Å²) < 4.78 is 5.19. The average Bonchev–Trinajstić information content (AvgIpc) is 3.11. The maximum atomic E-state index is 12.4. The number of esters is 1. The van der Waals surface area contributed by atoms with Crippen molar-refractivity contribution in [3.8, 4) is 10.6 Å². The summed E-state index contributed by atoms with van der Waals surface area (Å²) in [5.74, 6) is -1.74. The monoisotopic (exact) mass is 390 g/mol. The van der Waals surface area contributed by atoms with Crippen LogP contribution in [0.15, 0.2) is 35.7 Å². The Labute approximate surface area is 163 Å². The molecule has 2 N–H and O–H groups in total. The van der Waals surface area contributed by atoms with E-state index in [1.807, 2.05) is 49.6 Å². The van der Waals surface area contributed by atoms with Crippen LogP contribution in [-0.2, 0) is 14.3 Å². The van der Waals surface area contributed by atoms with Crippen LogP contribution < -0.4 is 5.32 Å². The van der Waals surface area contributed by atoms with Crippen molar-refractivity contribution in [1.82, 2.24) is 10.3 Å². The van der Waals surface area contributed by atoms with E-state index in [4.69, 9.17) is 4.74 Å². The quantitative estimate of drug-likeness (QED) is 0.603. The predicted molar refractivity (Wildman–Crippen MR) is 106 cm³/mol. The van der Waals surface area contributed by atoms with E-state index in [1.165, 1.54) is 11.3 Å². The maximum Gasteiger partial charge on any atom is 0.320 e. The first kappa shape index (κ1) is 21.1. The molecule has 2 aromatic rings. The van der Waals surface area contributed by atoms with E-state index in [2.05, 4.69) is 10.3 Å². The van der Waals surface area contributed by atoms with Crippen LogP contribution in [0.1, 0.15) is 38.8 Å². The van der Waals surface area contributed by atoms with Crippen molar-refractivity contribution in [2.75, 3.05) is 13.2 Å². The lowest BCUT2D eigenvalue weighted by Gasteiger charge is -2.20. The highest BCUT2D eigenvalue weighted by Crippen LogP contribution is 2.27. The maximum absolute atomic E-state index is 12.4. The molecule has 0 bridgehead atoms. The van der Waals surface area contributed by atoms with Crippen molar-refractivity contribution in [2.45, 2.75) is 39.2 Å². The lowest BCUT2D eigenvalue weighted by molar-refractivity contribution is -0.146. The SMILES string of the molecule is CCOC(=O)C(CNC(CC(C)C)C(=O)O)c1csc(-c2ccccc2)n1. The minimum atomic E-state index is -0.922. The molecule has 0 aliphatic heterocycles. The summed E-state index contributed by atoms with van der Waals surface area (Å²) >= 11 is 1.45. The highest BCUT2D eigenvalue weighted by molar-refractivity contribution is 7.13. The molecule has 0 radical (unpaired) electrons. The molecule has 0 fully saturated rings. The minimum Gasteiger partial charge on any atom is -0.480 e. The molecule has 1 aromatic heterocycles. The number of carboxylic acid groups (broad SMARTS) is 1. The van der Waals surface area contributed by atoms with Crippen molar-refractivity contribution >= 4 is 23.3 Å². The number of nitrogens with zero attached hydrogens (tertiary/aromatic N) is 1. The van der Waals surface area contributed by atoms with Gasteiger partial charge in [-0.1, -0.05) is 44.2 Å². The van der Waals surface area contributed by atoms with Crippen LogP contribution in [0.5, 0.6) is 0 Å². The largest absolute Gasteiger partial charge is 0.480 e. The number of hydrogen-bond acceptors (Lipinski definition) is 6. The van der Waals surface area contributed by atoms with Gasteiger partial charge in [0, 0.05) is 17.5 Å². The number of hydrogen-bond donors (Lipinski definition) is 2. The molecule has 2 rings (SSSR count). The Bertz CT molecular complexity index is 745. The molecule has 2 atom stereocenters. The summed E-state index contributed by atoms with van der Waals surface area (Å²) in [4.78, 5) is 28.5. The first-order valence-electron chi connectivity index (χ1n) is 9.06. The van der Waals surface area contributed by atoms with Gasteiger partial charge < -0.3 is 15.2 Å². The second kappa shape index (κ2) is 10.2. The summed E-state index contributed by atoms with van der Waals surface area (Å²) in [6.45, 7) is 6.11. The Kier molecular flexibility index (Phi) is 7.94. The van der Waals surface area contributed by atoms with Gasteiger partial charge in [-0.05, 0) is 19.3 Å². The van der Waals surface area contributed by atoms with Crippen LogP contribution >= 0.6 is 11.3 Å². The van der Waals surface area contributed by atoms with Crippen LogP contribution in [0.25, 0.3) is 10.6 Å². The van der Waals surface area contributed by atoms with E-state index < -0.39 is 23.9 Å². The number of nitrogens with one attached hydrogen (secondary N) is 1. The van der Waals surface area contributed by atoms with Gasteiger partial charge in [-0.25, -0.2) is 4.98 Å². The first-order valence-corrected chi connectivity index (χ1v) is 9.94. The van der Waals surface area contributed by atoms with E-state index in [0.717, 1.165) is 10.6 Å². The summed E-state index contributed by atoms with van der Waals surface area (Å²) in [5.41, 5.74) is 1.58. The molecule has 146 valence electrons. The second-order valence-electron chi connectivity index (χ2n) is 6.68. The van der Waals surface area contributed by atoms with Crippen molar-refractivity contribution < 1.29 is 19.4 Å². The van der Waals surface area contributed by atoms with E-state index in [1.54, 1.807) is 6.92 Å². The zero-order chi connectivity index (χ0) is 19.8. The van der Waals surface area contributed by atoms with Crippen LogP contribution in [-0.4, -0.2) is 41.2 Å². The van der Waals surface area contributed by atoms with Gasteiger partial charge in [-0.15, -0.1) is 11.3 Å². The highest BCUT2D eigenvalue weighted by atomic mass is 32.1. The van der Waals surface area contributed by atoms with Crippen molar-refractivity contribution in [3.63, 3.8) is 0 Å². The topological polar surface area (TPSA) is 88.5 Å². The van der Waals surface area contributed by atoms with Gasteiger partial charge in [0.15, 0.2) is 0 Å². The Morgan fingerprint density at radius 3 is 2.56 bits per heavy atom. The zero-order valence-electron chi connectivity index (χ0n) is 15.8. The highest BCUT2D eigenvalue weighted by Gasteiger charge is 2.28. The van der Waals surface area contributed by atoms with Crippen molar-refractivity contribution in [1.29, 1.82) is 0 Å². The van der Waals surface area contributed by atoms with E-state index in [-0.39, 0.29) is 19.1 Å². The Balaban J connectivity index is 2.18. The molecule has 0 saturated carbocycles. The average molecular weight is 391 g/mol. The molecule has 7 heteroatoms. The lowest BCUT2D eigenvalue weighted by atomic mass is 10.0. The summed E-state index contributed by atoms with van der Waals surface area (Å²) in [6, 6.07) is 9.01. The second-order valence-corrected chi connectivity index (χ2v) is 7.53. The third kappa shape index (κ3) is 6.15. The molecule has 2 unspecified atom stereocenters. The third-order valence-corrected chi connectivity index (χ3v) is 4.95. The van der Waals surface area contributed by atoms with Gasteiger partial charge >= 0.3 is 11.9 Å². The molecule has 0 aliphatic carbocycles. The molecule has 1 heterocycles. The molecular weight excluding hydrogens is 364 g/mol. The number of benzene rings is 1. The molecule has 0 amide bonds. The number of rotatable bonds is 10. The van der Waals surface area contributed by atoms with Crippen molar-refractivity contribution in [3.05, 3.63) is 41.4 Å². The predicted octanol–water partition coefficient (Wildman–Crippen LogP) is 3.55. The van der Waals surface area contributed by atoms with E-state index >= 15 is 0 Å². The number of carbonyl (C=O) groups is 2. The number of aromatic nitrogens is 1. The minimum absolute atomic E-state index is 0.167. The molecule has 0 spiro atoms. The van der Waals surface area contributed by atoms with Gasteiger partial charge in [0.05, 0.1) is 12.3 Å². The molecule has 0 aliphatic rings. The summed E-state index contributed by atoms with van der Waals surface area (Å²) in [5, 5.41) is 15.1. The van der Waals surface area contributed by atoms with Gasteiger partial charge in [-0.3, -0.25) is 9.59 Å². The molecule has 0 saturated heterocycles. The summed E-state index contributed by atoms with van der Waals surface area (Å²) in [6.07, 6.45) is 0.483. The molecule has 1 aromatic carbocycles. The van der Waals surface area contributed by atoms with Crippen LogP contribution in [0, 0.1) is 5.92 Å².